The van der Waals surface area contributed by atoms with Crippen LogP contribution < -0.4 is 11.7 Å². The summed E-state index contributed by atoms with van der Waals surface area (Å²) < 4.78 is 138. The van der Waals surface area contributed by atoms with E-state index in [2.05, 4.69) is 16.8 Å². The fraction of sp³-hybridized carbons (Fsp3) is 0.714. The second-order valence-corrected chi connectivity index (χ2v) is 3.59. The lowest BCUT2D eigenvalue weighted by molar-refractivity contribution is -0.414. The molecule has 0 bridgehead atoms. The molecule has 0 saturated carbocycles. The molecule has 0 aliphatic rings. The van der Waals surface area contributed by atoms with Gasteiger partial charge in [0.05, 0.1) is 6.21 Å². The second-order valence-electron chi connectivity index (χ2n) is 3.59. The quantitative estimate of drug-likeness (QED) is 0.344. The predicted octanol–water partition coefficient (Wildman–Crippen LogP) is 2.35. The third kappa shape index (κ3) is 2.63. The molecule has 0 aromatic carbocycles. The van der Waals surface area contributed by atoms with E-state index in [0.717, 1.165) is 0 Å². The first-order chi connectivity index (χ1) is 9.52. The minimum atomic E-state index is -7.54. The number of halogens is 11. The van der Waals surface area contributed by atoms with Gasteiger partial charge in [0.25, 0.3) is 0 Å². The molecule has 22 heavy (non-hydrogen) atoms. The third-order valence-corrected chi connectivity index (χ3v) is 2.20. The Hall–Kier alpha value is -1.83. The molecule has 4 N–H and O–H groups in total. The molecule has 15 heteroatoms. The Morgan fingerprint density at radius 2 is 1.09 bits per heavy atom. The third-order valence-electron chi connectivity index (χ3n) is 2.20. The zero-order valence-electron chi connectivity index (χ0n) is 9.78. The van der Waals surface area contributed by atoms with Crippen molar-refractivity contribution in [2.75, 3.05) is 0 Å². The lowest BCUT2D eigenvalue weighted by Crippen LogP contribution is -2.68. The van der Waals surface area contributed by atoms with Crippen LogP contribution in [0.15, 0.2) is 10.2 Å². The van der Waals surface area contributed by atoms with Gasteiger partial charge in [-0.25, -0.2) is 0 Å². The van der Waals surface area contributed by atoms with Gasteiger partial charge in [-0.2, -0.15) is 58.5 Å². The van der Waals surface area contributed by atoms with Crippen LogP contribution in [0.2, 0.25) is 0 Å². The smallest absolute Gasteiger partial charge is 0.323 e. The number of hydrogen-bond acceptors (Lipinski definition) is 4. The van der Waals surface area contributed by atoms with Gasteiger partial charge in [0, 0.05) is 0 Å². The van der Waals surface area contributed by atoms with Crippen molar-refractivity contribution < 1.29 is 48.3 Å². The lowest BCUT2D eigenvalue weighted by atomic mass is 9.95. The molecule has 0 aromatic heterocycles. The first-order valence-corrected chi connectivity index (χ1v) is 4.62. The first kappa shape index (κ1) is 20.2. The number of hydrogen-bond donors (Lipinski definition) is 2. The zero-order valence-corrected chi connectivity index (χ0v) is 9.78. The van der Waals surface area contributed by atoms with Crippen LogP contribution in [0.1, 0.15) is 0 Å². The summed E-state index contributed by atoms with van der Waals surface area (Å²) in [6.07, 6.45) is -7.76. The highest BCUT2D eigenvalue weighted by atomic mass is 19.4. The van der Waals surface area contributed by atoms with Crippen molar-refractivity contribution in [3.8, 4) is 0 Å². The summed E-state index contributed by atoms with van der Waals surface area (Å²) >= 11 is 0. The molecule has 0 heterocycles. The number of alkyl halides is 11. The van der Waals surface area contributed by atoms with Crippen LogP contribution in [0.25, 0.3) is 0 Å². The van der Waals surface area contributed by atoms with E-state index in [4.69, 9.17) is 0 Å². The highest BCUT2D eigenvalue weighted by Crippen LogP contribution is 2.57. The summed E-state index contributed by atoms with van der Waals surface area (Å²) in [4.78, 5) is 0. The average Bonchev–Trinajstić information content (AvgIpc) is 2.33. The lowest BCUT2D eigenvalue weighted by Gasteiger charge is -2.36. The van der Waals surface area contributed by atoms with Crippen LogP contribution in [0.5, 0.6) is 0 Å². The van der Waals surface area contributed by atoms with E-state index in [-0.39, 0.29) is 0 Å². The van der Waals surface area contributed by atoms with Crippen LogP contribution in [-0.2, 0) is 0 Å². The fourth-order valence-electron chi connectivity index (χ4n) is 0.999. The minimum absolute atomic E-state index is 0.518. The molecule has 0 atom stereocenters. The standard InChI is InChI=1S/C7H5F11N4/c8-3(9,2(22-20)1-21-19)4(10,11)5(12,13)6(14,15)7(16,17)18/h1H,19-20H2/b21-1+,22-2+. The Morgan fingerprint density at radius 3 is 1.36 bits per heavy atom. The van der Waals surface area contributed by atoms with Crippen LogP contribution in [0.4, 0.5) is 48.3 Å². The number of nitrogens with zero attached hydrogens (tertiary/aromatic N) is 2. The van der Waals surface area contributed by atoms with Crippen LogP contribution in [-0.4, -0.2) is 41.8 Å². The van der Waals surface area contributed by atoms with E-state index in [1.165, 1.54) is 0 Å². The van der Waals surface area contributed by atoms with E-state index < -0.39 is 41.8 Å². The van der Waals surface area contributed by atoms with Gasteiger partial charge in [0.2, 0.25) is 0 Å². The van der Waals surface area contributed by atoms with E-state index in [0.29, 0.717) is 0 Å². The topological polar surface area (TPSA) is 76.8 Å². The van der Waals surface area contributed by atoms with E-state index >= 15 is 0 Å². The van der Waals surface area contributed by atoms with Gasteiger partial charge < -0.3 is 11.7 Å². The van der Waals surface area contributed by atoms with Crippen LogP contribution in [0, 0.1) is 0 Å². The normalized spacial score (nSPS) is 16.4. The molecule has 0 rings (SSSR count). The maximum absolute atomic E-state index is 13.2. The molecular weight excluding hydrogens is 349 g/mol. The Balaban J connectivity index is 6.22. The Bertz CT molecular complexity index is 464. The number of nitrogens with two attached hydrogens (primary N) is 2. The van der Waals surface area contributed by atoms with E-state index in [1.807, 2.05) is 5.10 Å². The van der Waals surface area contributed by atoms with Crippen molar-refractivity contribution in [3.63, 3.8) is 0 Å². The van der Waals surface area contributed by atoms with Crippen molar-refractivity contribution >= 4 is 11.9 Å². The van der Waals surface area contributed by atoms with Crippen molar-refractivity contribution in [1.29, 1.82) is 0 Å². The summed E-state index contributed by atoms with van der Waals surface area (Å²) in [5, 5.41) is 4.05. The predicted molar refractivity (Wildman–Crippen MR) is 50.1 cm³/mol. The summed E-state index contributed by atoms with van der Waals surface area (Å²) in [5.41, 5.74) is -2.54. The average molecular weight is 354 g/mol. The number of hydrazone groups is 2. The minimum Gasteiger partial charge on any atom is -0.323 e. The van der Waals surface area contributed by atoms with Gasteiger partial charge in [-0.05, 0) is 0 Å². The molecule has 0 fully saturated rings. The first-order valence-electron chi connectivity index (χ1n) is 4.62. The van der Waals surface area contributed by atoms with Gasteiger partial charge in [0.15, 0.2) is 5.71 Å². The fourth-order valence-corrected chi connectivity index (χ4v) is 0.999. The number of rotatable bonds is 5. The molecule has 0 unspecified atom stereocenters. The maximum Gasteiger partial charge on any atom is 0.460 e. The van der Waals surface area contributed by atoms with Gasteiger partial charge in [-0.3, -0.25) is 0 Å². The van der Waals surface area contributed by atoms with Gasteiger partial charge in [0.1, 0.15) is 0 Å². The van der Waals surface area contributed by atoms with Crippen molar-refractivity contribution in [3.05, 3.63) is 0 Å². The molecule has 4 nitrogen and oxygen atoms in total. The van der Waals surface area contributed by atoms with Crippen molar-refractivity contribution in [2.45, 2.75) is 29.9 Å². The van der Waals surface area contributed by atoms with Gasteiger partial charge in [-0.1, -0.05) is 0 Å². The molecule has 0 aliphatic carbocycles. The second kappa shape index (κ2) is 5.42. The monoisotopic (exact) mass is 354 g/mol. The zero-order chi connectivity index (χ0) is 18.2. The summed E-state index contributed by atoms with van der Waals surface area (Å²) in [5.74, 6) is -20.2. The maximum atomic E-state index is 13.2. The van der Waals surface area contributed by atoms with Crippen molar-refractivity contribution in [2.24, 2.45) is 21.9 Å². The molecule has 0 saturated heterocycles. The summed E-state index contributed by atoms with van der Waals surface area (Å²) in [7, 11) is 0. The SMILES string of the molecule is N/N=C/C(=N\N)C(F)(F)C(F)(F)C(F)(F)C(F)(F)C(F)(F)F. The molecule has 0 aromatic rings. The molecule has 130 valence electrons. The van der Waals surface area contributed by atoms with Crippen molar-refractivity contribution in [1.82, 2.24) is 0 Å². The Kier molecular flexibility index (Phi) is 4.97. The largest absolute Gasteiger partial charge is 0.460 e. The highest BCUT2D eigenvalue weighted by Gasteiger charge is 2.87. The Morgan fingerprint density at radius 1 is 0.682 bits per heavy atom. The molecule has 0 aliphatic heterocycles. The summed E-state index contributed by atoms with van der Waals surface area (Å²) in [6, 6.07) is 0. The highest BCUT2D eigenvalue weighted by molar-refractivity contribution is 6.33. The molecule has 0 amide bonds. The van der Waals surface area contributed by atoms with Gasteiger partial charge in [-0.15, -0.1) is 0 Å². The van der Waals surface area contributed by atoms with E-state index in [1.54, 1.807) is 0 Å². The Labute approximate surface area is 113 Å². The van der Waals surface area contributed by atoms with E-state index in [9.17, 15) is 48.3 Å². The van der Waals surface area contributed by atoms with Crippen LogP contribution in [0.3, 0.4) is 0 Å². The molecule has 0 radical (unpaired) electrons. The molecule has 0 spiro atoms. The molecular formula is C7H5F11N4. The van der Waals surface area contributed by atoms with Gasteiger partial charge >= 0.3 is 29.9 Å². The van der Waals surface area contributed by atoms with Crippen LogP contribution >= 0.6 is 0 Å². The summed E-state index contributed by atoms with van der Waals surface area (Å²) in [6.45, 7) is 0.